The van der Waals surface area contributed by atoms with Crippen molar-refractivity contribution < 1.29 is 23.8 Å². The summed E-state index contributed by atoms with van der Waals surface area (Å²) in [7, 11) is 0. The summed E-state index contributed by atoms with van der Waals surface area (Å²) in [5, 5.41) is 11.3. The molecule has 1 aromatic carbocycles. The van der Waals surface area contributed by atoms with Gasteiger partial charge in [0.1, 0.15) is 24.2 Å². The standard InChI is InChI=1S/C16H16BrNO5/c1-2-13(16(20)21)18-15(19)14-8-7-12(23-14)9-22-11-5-3-10(17)4-6-11/h3-8,13H,2,9H2,1H3,(H,18,19)(H,20,21). The van der Waals surface area contributed by atoms with Gasteiger partial charge in [0, 0.05) is 4.47 Å². The van der Waals surface area contributed by atoms with E-state index in [1.165, 1.54) is 6.07 Å². The molecule has 6 nitrogen and oxygen atoms in total. The number of nitrogens with one attached hydrogen (secondary N) is 1. The van der Waals surface area contributed by atoms with Crippen LogP contribution in [-0.2, 0) is 11.4 Å². The maximum Gasteiger partial charge on any atom is 0.326 e. The van der Waals surface area contributed by atoms with Gasteiger partial charge in [-0.2, -0.15) is 0 Å². The van der Waals surface area contributed by atoms with Crippen LogP contribution in [0.1, 0.15) is 29.7 Å². The van der Waals surface area contributed by atoms with Gasteiger partial charge in [-0.3, -0.25) is 4.79 Å². The molecule has 23 heavy (non-hydrogen) atoms. The van der Waals surface area contributed by atoms with E-state index in [0.29, 0.717) is 17.9 Å². The molecule has 0 aliphatic carbocycles. The van der Waals surface area contributed by atoms with E-state index >= 15 is 0 Å². The van der Waals surface area contributed by atoms with Crippen LogP contribution in [-0.4, -0.2) is 23.0 Å². The smallest absolute Gasteiger partial charge is 0.326 e. The topological polar surface area (TPSA) is 88.8 Å². The zero-order valence-corrected chi connectivity index (χ0v) is 14.0. The summed E-state index contributed by atoms with van der Waals surface area (Å²) in [5.41, 5.74) is 0. The Labute approximate surface area is 141 Å². The average Bonchev–Trinajstić information content (AvgIpc) is 3.00. The Morgan fingerprint density at radius 2 is 1.96 bits per heavy atom. The number of aliphatic carboxylic acids is 1. The van der Waals surface area contributed by atoms with E-state index in [-0.39, 0.29) is 12.4 Å². The monoisotopic (exact) mass is 381 g/mol. The number of rotatable bonds is 7. The lowest BCUT2D eigenvalue weighted by Crippen LogP contribution is -2.40. The van der Waals surface area contributed by atoms with Gasteiger partial charge >= 0.3 is 5.97 Å². The van der Waals surface area contributed by atoms with Gasteiger partial charge in [0.15, 0.2) is 5.76 Å². The molecule has 0 spiro atoms. The first-order chi connectivity index (χ1) is 11.0. The van der Waals surface area contributed by atoms with Gasteiger partial charge in [0.2, 0.25) is 0 Å². The highest BCUT2D eigenvalue weighted by atomic mass is 79.9. The van der Waals surface area contributed by atoms with Gasteiger partial charge < -0.3 is 19.6 Å². The Balaban J connectivity index is 1.93. The lowest BCUT2D eigenvalue weighted by Gasteiger charge is -2.10. The minimum Gasteiger partial charge on any atom is -0.486 e. The van der Waals surface area contributed by atoms with Gasteiger partial charge in [-0.05, 0) is 42.8 Å². The van der Waals surface area contributed by atoms with Gasteiger partial charge in [-0.25, -0.2) is 4.79 Å². The van der Waals surface area contributed by atoms with Crippen molar-refractivity contribution in [3.8, 4) is 5.75 Å². The Bertz CT molecular complexity index is 680. The van der Waals surface area contributed by atoms with Crippen molar-refractivity contribution in [3.63, 3.8) is 0 Å². The molecule has 0 aliphatic heterocycles. The summed E-state index contributed by atoms with van der Waals surface area (Å²) in [5.74, 6) is -0.437. The van der Waals surface area contributed by atoms with Crippen LogP contribution in [0, 0.1) is 0 Å². The molecule has 0 saturated heterocycles. The number of carbonyl (C=O) groups excluding carboxylic acids is 1. The number of halogens is 1. The minimum atomic E-state index is -1.08. The molecule has 1 unspecified atom stereocenters. The molecule has 1 atom stereocenters. The summed E-state index contributed by atoms with van der Waals surface area (Å²) in [4.78, 5) is 22.8. The number of benzene rings is 1. The van der Waals surface area contributed by atoms with Crippen LogP contribution in [0.4, 0.5) is 0 Å². The van der Waals surface area contributed by atoms with Gasteiger partial charge in [0.25, 0.3) is 5.91 Å². The predicted molar refractivity (Wildman–Crippen MR) is 86.4 cm³/mol. The highest BCUT2D eigenvalue weighted by molar-refractivity contribution is 9.10. The third kappa shape index (κ3) is 4.85. The Morgan fingerprint density at radius 3 is 2.57 bits per heavy atom. The number of carbonyl (C=O) groups is 2. The number of carboxylic acids is 1. The fraction of sp³-hybridized carbons (Fsp3) is 0.250. The molecule has 1 heterocycles. The Kier molecular flexibility index (Phi) is 5.81. The molecule has 1 amide bonds. The molecule has 2 rings (SSSR count). The number of hydrogen-bond donors (Lipinski definition) is 2. The fourth-order valence-electron chi connectivity index (χ4n) is 1.83. The maximum atomic E-state index is 11.9. The molecule has 0 saturated carbocycles. The van der Waals surface area contributed by atoms with Crippen LogP contribution < -0.4 is 10.1 Å². The molecule has 0 aliphatic rings. The number of ether oxygens (including phenoxy) is 1. The van der Waals surface area contributed by atoms with Crippen molar-refractivity contribution in [1.29, 1.82) is 0 Å². The van der Waals surface area contributed by atoms with Crippen LogP contribution in [0.15, 0.2) is 45.3 Å². The van der Waals surface area contributed by atoms with Crippen molar-refractivity contribution in [3.05, 3.63) is 52.4 Å². The SMILES string of the molecule is CCC(NC(=O)c1ccc(COc2ccc(Br)cc2)o1)C(=O)O. The number of carboxylic acid groups (broad SMARTS) is 1. The van der Waals surface area contributed by atoms with E-state index in [0.717, 1.165) is 4.47 Å². The highest BCUT2D eigenvalue weighted by Crippen LogP contribution is 2.18. The number of furan rings is 1. The molecule has 0 fully saturated rings. The summed E-state index contributed by atoms with van der Waals surface area (Å²) in [6.45, 7) is 1.85. The van der Waals surface area contributed by atoms with Crippen LogP contribution >= 0.6 is 15.9 Å². The molecule has 1 aromatic heterocycles. The van der Waals surface area contributed by atoms with Gasteiger partial charge in [0.05, 0.1) is 0 Å². The van der Waals surface area contributed by atoms with Crippen LogP contribution in [0.5, 0.6) is 5.75 Å². The van der Waals surface area contributed by atoms with Crippen molar-refractivity contribution in [2.45, 2.75) is 26.0 Å². The Morgan fingerprint density at radius 1 is 1.26 bits per heavy atom. The van der Waals surface area contributed by atoms with E-state index in [2.05, 4.69) is 21.2 Å². The largest absolute Gasteiger partial charge is 0.486 e. The van der Waals surface area contributed by atoms with E-state index < -0.39 is 17.9 Å². The molecule has 2 aromatic rings. The van der Waals surface area contributed by atoms with Crippen LogP contribution in [0.3, 0.4) is 0 Å². The molecule has 122 valence electrons. The first kappa shape index (κ1) is 17.1. The van der Waals surface area contributed by atoms with Crippen LogP contribution in [0.2, 0.25) is 0 Å². The quantitative estimate of drug-likeness (QED) is 0.768. The first-order valence-electron chi connectivity index (χ1n) is 7.00. The van der Waals surface area contributed by atoms with Crippen molar-refractivity contribution >= 4 is 27.8 Å². The molecule has 0 radical (unpaired) electrons. The molecule has 7 heteroatoms. The average molecular weight is 382 g/mol. The molecular weight excluding hydrogens is 366 g/mol. The van der Waals surface area contributed by atoms with E-state index in [1.807, 2.05) is 12.1 Å². The lowest BCUT2D eigenvalue weighted by molar-refractivity contribution is -0.139. The van der Waals surface area contributed by atoms with E-state index in [1.54, 1.807) is 25.1 Å². The Hall–Kier alpha value is -2.28. The number of hydrogen-bond acceptors (Lipinski definition) is 4. The molecule has 0 bridgehead atoms. The van der Waals surface area contributed by atoms with E-state index in [9.17, 15) is 9.59 Å². The lowest BCUT2D eigenvalue weighted by atomic mass is 10.2. The van der Waals surface area contributed by atoms with Crippen LogP contribution in [0.25, 0.3) is 0 Å². The first-order valence-corrected chi connectivity index (χ1v) is 7.79. The zero-order chi connectivity index (χ0) is 16.8. The predicted octanol–water partition coefficient (Wildman–Crippen LogP) is 3.21. The van der Waals surface area contributed by atoms with E-state index in [4.69, 9.17) is 14.3 Å². The maximum absolute atomic E-state index is 11.9. The fourth-order valence-corrected chi connectivity index (χ4v) is 2.09. The second kappa shape index (κ2) is 7.82. The van der Waals surface area contributed by atoms with Crippen molar-refractivity contribution in [2.24, 2.45) is 0 Å². The second-order valence-corrected chi connectivity index (χ2v) is 5.70. The van der Waals surface area contributed by atoms with Gasteiger partial charge in [-0.1, -0.05) is 22.9 Å². The molecule has 2 N–H and O–H groups in total. The summed E-state index contributed by atoms with van der Waals surface area (Å²) < 4.78 is 11.9. The third-order valence-corrected chi connectivity index (χ3v) is 3.62. The zero-order valence-electron chi connectivity index (χ0n) is 12.4. The highest BCUT2D eigenvalue weighted by Gasteiger charge is 2.20. The number of amides is 1. The summed E-state index contributed by atoms with van der Waals surface area (Å²) in [6, 6.07) is 9.49. The third-order valence-electron chi connectivity index (χ3n) is 3.09. The van der Waals surface area contributed by atoms with Crippen molar-refractivity contribution in [1.82, 2.24) is 5.32 Å². The minimum absolute atomic E-state index is 0.0547. The molecular formula is C16H16BrNO5. The normalized spacial score (nSPS) is 11.7. The summed E-state index contributed by atoms with van der Waals surface area (Å²) >= 11 is 3.34. The van der Waals surface area contributed by atoms with Crippen molar-refractivity contribution in [2.75, 3.05) is 0 Å². The second-order valence-electron chi connectivity index (χ2n) is 4.78. The summed E-state index contributed by atoms with van der Waals surface area (Å²) in [6.07, 6.45) is 0.293. The van der Waals surface area contributed by atoms with Gasteiger partial charge in [-0.15, -0.1) is 0 Å².